The molecule has 108 valence electrons. The molecule has 0 radical (unpaired) electrons. The Labute approximate surface area is 117 Å². The van der Waals surface area contributed by atoms with Crippen molar-refractivity contribution in [2.24, 2.45) is 0 Å². The lowest BCUT2D eigenvalue weighted by molar-refractivity contribution is -0.142. The molecule has 0 aliphatic carbocycles. The number of carbonyl (C=O) groups excluding carboxylic acids is 1. The first-order valence-corrected chi connectivity index (χ1v) is 6.15. The van der Waals surface area contributed by atoms with Crippen molar-refractivity contribution in [2.75, 3.05) is 24.8 Å². The molecule has 0 aliphatic heterocycles. The van der Waals surface area contributed by atoms with Crippen molar-refractivity contribution in [1.29, 1.82) is 0 Å². The van der Waals surface area contributed by atoms with Crippen LogP contribution in [0.3, 0.4) is 0 Å². The van der Waals surface area contributed by atoms with Gasteiger partial charge in [0, 0.05) is 0 Å². The van der Waals surface area contributed by atoms with Gasteiger partial charge in [-0.25, -0.2) is 4.98 Å². The van der Waals surface area contributed by atoms with Crippen LogP contribution in [-0.4, -0.2) is 44.6 Å². The van der Waals surface area contributed by atoms with Crippen molar-refractivity contribution in [1.82, 2.24) is 19.5 Å². The summed E-state index contributed by atoms with van der Waals surface area (Å²) in [6, 6.07) is 0. The number of nitrogen functional groups attached to an aromatic ring is 1. The Balaban J connectivity index is 1.94. The minimum atomic E-state index is -0.510. The van der Waals surface area contributed by atoms with Crippen LogP contribution in [-0.2, 0) is 21.0 Å². The summed E-state index contributed by atoms with van der Waals surface area (Å²) >= 11 is 5.26. The lowest BCUT2D eigenvalue weighted by atomic mass is 10.5. The summed E-state index contributed by atoms with van der Waals surface area (Å²) < 4.78 is 11.5. The summed E-state index contributed by atoms with van der Waals surface area (Å²) in [6.45, 7) is 0.375. The van der Waals surface area contributed by atoms with Crippen LogP contribution in [0.1, 0.15) is 0 Å². The number of carbonyl (C=O) groups is 1. The SMILES string of the molecule is Nc1nc2c(ncn2COCCOC(=O)CCl)c(=O)[nH]1. The van der Waals surface area contributed by atoms with Gasteiger partial charge in [0.25, 0.3) is 5.56 Å². The number of nitrogens with one attached hydrogen (secondary N) is 1. The fraction of sp³-hybridized carbons (Fsp3) is 0.400. The molecule has 0 unspecified atom stereocenters. The van der Waals surface area contributed by atoms with Crippen molar-refractivity contribution in [2.45, 2.75) is 6.73 Å². The van der Waals surface area contributed by atoms with E-state index in [2.05, 4.69) is 15.0 Å². The van der Waals surface area contributed by atoms with Gasteiger partial charge in [0.2, 0.25) is 5.95 Å². The summed E-state index contributed by atoms with van der Waals surface area (Å²) in [5.41, 5.74) is 5.54. The van der Waals surface area contributed by atoms with Crippen molar-refractivity contribution in [3.63, 3.8) is 0 Å². The zero-order valence-electron chi connectivity index (χ0n) is 10.3. The smallest absolute Gasteiger partial charge is 0.320 e. The fourth-order valence-corrected chi connectivity index (χ4v) is 1.56. The summed E-state index contributed by atoms with van der Waals surface area (Å²) in [5, 5.41) is 0. The van der Waals surface area contributed by atoms with Crippen LogP contribution in [0.15, 0.2) is 11.1 Å². The van der Waals surface area contributed by atoms with E-state index < -0.39 is 11.5 Å². The Kier molecular flexibility index (Phi) is 4.53. The number of hydrogen-bond donors (Lipinski definition) is 2. The number of imidazole rings is 1. The number of rotatable bonds is 6. The molecule has 0 bridgehead atoms. The van der Waals surface area contributed by atoms with Gasteiger partial charge in [0.15, 0.2) is 11.2 Å². The lowest BCUT2D eigenvalue weighted by Crippen LogP contribution is -2.14. The molecule has 2 heterocycles. The maximum Gasteiger partial charge on any atom is 0.320 e. The second-order valence-corrected chi connectivity index (χ2v) is 4.00. The molecule has 0 saturated carbocycles. The van der Waals surface area contributed by atoms with Crippen LogP contribution < -0.4 is 11.3 Å². The first kappa shape index (κ1) is 14.3. The van der Waals surface area contributed by atoms with Gasteiger partial charge in [0.1, 0.15) is 19.2 Å². The average molecular weight is 302 g/mol. The number of hydrogen-bond acceptors (Lipinski definition) is 7. The number of halogens is 1. The summed E-state index contributed by atoms with van der Waals surface area (Å²) in [5.74, 6) is -0.706. The predicted octanol–water partition coefficient (Wildman–Crippen LogP) is -0.542. The second-order valence-electron chi connectivity index (χ2n) is 3.73. The molecule has 9 nitrogen and oxygen atoms in total. The number of alkyl halides is 1. The first-order chi connectivity index (χ1) is 9.61. The van der Waals surface area contributed by atoms with E-state index in [0.29, 0.717) is 5.65 Å². The molecular weight excluding hydrogens is 290 g/mol. The molecule has 0 aliphatic rings. The van der Waals surface area contributed by atoms with Gasteiger partial charge in [-0.1, -0.05) is 0 Å². The Bertz CT molecular complexity index is 667. The number of aromatic amines is 1. The number of ether oxygens (including phenoxy) is 2. The third-order valence-electron chi connectivity index (χ3n) is 2.32. The maximum absolute atomic E-state index is 11.5. The average Bonchev–Trinajstić information content (AvgIpc) is 2.81. The molecule has 2 aromatic heterocycles. The topological polar surface area (TPSA) is 125 Å². The van der Waals surface area contributed by atoms with Gasteiger partial charge < -0.3 is 15.2 Å². The fourth-order valence-electron chi connectivity index (χ4n) is 1.48. The molecule has 2 aromatic rings. The molecule has 20 heavy (non-hydrogen) atoms. The summed E-state index contributed by atoms with van der Waals surface area (Å²) in [7, 11) is 0. The summed E-state index contributed by atoms with van der Waals surface area (Å²) in [6.07, 6.45) is 1.41. The van der Waals surface area contributed by atoms with E-state index >= 15 is 0 Å². The van der Waals surface area contributed by atoms with Crippen LogP contribution in [0, 0.1) is 0 Å². The molecule has 3 N–H and O–H groups in total. The standard InChI is InChI=1S/C10H12ClN5O4/c11-3-6(17)20-2-1-19-5-16-4-13-7-8(16)14-10(12)15-9(7)18/h4H,1-3,5H2,(H3,12,14,15,18). The quantitative estimate of drug-likeness (QED) is 0.417. The van der Waals surface area contributed by atoms with Crippen LogP contribution in [0.4, 0.5) is 5.95 Å². The highest BCUT2D eigenvalue weighted by atomic mass is 35.5. The molecule has 0 saturated heterocycles. The van der Waals surface area contributed by atoms with Crippen LogP contribution >= 0.6 is 11.6 Å². The Morgan fingerprint density at radius 1 is 1.50 bits per heavy atom. The Hall–Kier alpha value is -2.13. The third kappa shape index (κ3) is 3.25. The number of fused-ring (bicyclic) bond motifs is 1. The largest absolute Gasteiger partial charge is 0.462 e. The minimum Gasteiger partial charge on any atom is -0.462 e. The number of nitrogens with two attached hydrogens (primary N) is 1. The summed E-state index contributed by atoms with van der Waals surface area (Å²) in [4.78, 5) is 32.5. The molecule has 0 atom stereocenters. The molecule has 0 amide bonds. The maximum atomic E-state index is 11.5. The van der Waals surface area contributed by atoms with E-state index in [-0.39, 0.29) is 37.3 Å². The zero-order valence-corrected chi connectivity index (χ0v) is 11.1. The predicted molar refractivity (Wildman–Crippen MR) is 70.2 cm³/mol. The molecule has 2 rings (SSSR count). The van der Waals surface area contributed by atoms with E-state index in [0.717, 1.165) is 0 Å². The Morgan fingerprint density at radius 2 is 2.30 bits per heavy atom. The first-order valence-electron chi connectivity index (χ1n) is 5.61. The lowest BCUT2D eigenvalue weighted by Gasteiger charge is -2.06. The van der Waals surface area contributed by atoms with Gasteiger partial charge in [0.05, 0.1) is 12.9 Å². The molecular formula is C10H12ClN5O4. The monoisotopic (exact) mass is 301 g/mol. The molecule has 10 heteroatoms. The number of aromatic nitrogens is 4. The van der Waals surface area contributed by atoms with E-state index in [9.17, 15) is 9.59 Å². The highest BCUT2D eigenvalue weighted by Crippen LogP contribution is 2.06. The van der Waals surface area contributed by atoms with Crippen LogP contribution in [0.25, 0.3) is 11.2 Å². The normalized spacial score (nSPS) is 10.8. The highest BCUT2D eigenvalue weighted by molar-refractivity contribution is 6.26. The number of anilines is 1. The number of nitrogens with zero attached hydrogens (tertiary/aromatic N) is 3. The van der Waals surface area contributed by atoms with Gasteiger partial charge in [-0.3, -0.25) is 19.1 Å². The van der Waals surface area contributed by atoms with Gasteiger partial charge in [-0.15, -0.1) is 11.6 Å². The molecule has 0 aromatic carbocycles. The van der Waals surface area contributed by atoms with E-state index in [4.69, 9.17) is 26.8 Å². The van der Waals surface area contributed by atoms with Crippen molar-refractivity contribution in [3.05, 3.63) is 16.7 Å². The van der Waals surface area contributed by atoms with Gasteiger partial charge >= 0.3 is 5.97 Å². The van der Waals surface area contributed by atoms with E-state index in [1.165, 1.54) is 10.9 Å². The van der Waals surface area contributed by atoms with E-state index in [1.54, 1.807) is 0 Å². The van der Waals surface area contributed by atoms with Crippen molar-refractivity contribution in [3.8, 4) is 0 Å². The van der Waals surface area contributed by atoms with Crippen molar-refractivity contribution < 1.29 is 14.3 Å². The number of H-pyrrole nitrogens is 1. The van der Waals surface area contributed by atoms with Gasteiger partial charge in [-0.05, 0) is 0 Å². The van der Waals surface area contributed by atoms with Gasteiger partial charge in [-0.2, -0.15) is 4.98 Å². The van der Waals surface area contributed by atoms with Crippen LogP contribution in [0.5, 0.6) is 0 Å². The molecule has 0 fully saturated rings. The van der Waals surface area contributed by atoms with Crippen molar-refractivity contribution >= 4 is 34.7 Å². The second kappa shape index (κ2) is 6.35. The molecule has 0 spiro atoms. The minimum absolute atomic E-state index is 0.000271. The third-order valence-corrected chi connectivity index (χ3v) is 2.54. The zero-order chi connectivity index (χ0) is 14.5. The van der Waals surface area contributed by atoms with Crippen LogP contribution in [0.2, 0.25) is 0 Å². The Morgan fingerprint density at radius 3 is 3.05 bits per heavy atom. The van der Waals surface area contributed by atoms with E-state index in [1.807, 2.05) is 0 Å². The number of esters is 1. The highest BCUT2D eigenvalue weighted by Gasteiger charge is 2.09.